The summed E-state index contributed by atoms with van der Waals surface area (Å²) < 4.78 is 57.2. The van der Waals surface area contributed by atoms with Crippen molar-refractivity contribution in [3.05, 3.63) is 78.1 Å². The van der Waals surface area contributed by atoms with Gasteiger partial charge in [0.05, 0.1) is 29.6 Å². The highest BCUT2D eigenvalue weighted by Gasteiger charge is 2.39. The Balaban J connectivity index is 1.37. The zero-order valence-electron chi connectivity index (χ0n) is 38.7. The molecule has 0 bridgehead atoms. The molecule has 2 aromatic heterocycles. The van der Waals surface area contributed by atoms with E-state index in [4.69, 9.17) is 9.47 Å². The van der Waals surface area contributed by atoms with Gasteiger partial charge in [-0.1, -0.05) is 50.8 Å². The third-order valence-corrected chi connectivity index (χ3v) is 12.6. The van der Waals surface area contributed by atoms with Gasteiger partial charge in [-0.25, -0.2) is 5.43 Å². The quantitative estimate of drug-likeness (QED) is 0.0936. The van der Waals surface area contributed by atoms with Crippen molar-refractivity contribution < 1.29 is 46.6 Å². The van der Waals surface area contributed by atoms with Gasteiger partial charge in [-0.2, -0.15) is 18.3 Å². The lowest BCUT2D eigenvalue weighted by Gasteiger charge is -2.35. The summed E-state index contributed by atoms with van der Waals surface area (Å²) >= 11 is 0. The van der Waals surface area contributed by atoms with Gasteiger partial charge < -0.3 is 29.2 Å². The van der Waals surface area contributed by atoms with E-state index in [2.05, 4.69) is 22.4 Å². The van der Waals surface area contributed by atoms with E-state index in [1.54, 1.807) is 49.7 Å². The first-order chi connectivity index (χ1) is 31.4. The first-order valence-electron chi connectivity index (χ1n) is 22.4. The predicted octanol–water partition coefficient (Wildman–Crippen LogP) is 5.75. The van der Waals surface area contributed by atoms with Crippen LogP contribution in [0.15, 0.2) is 61.3 Å². The molecule has 66 heavy (non-hydrogen) atoms. The number of fused-ring (bicyclic) bond motifs is 1. The molecular weight excluding hydrogens is 858 g/mol. The van der Waals surface area contributed by atoms with Crippen molar-refractivity contribution in [1.29, 1.82) is 0 Å². The molecule has 0 spiro atoms. The summed E-state index contributed by atoms with van der Waals surface area (Å²) in [6.07, 6.45) is -0.776. The molecule has 0 saturated carbocycles. The monoisotopic (exact) mass is 918 g/mol. The van der Waals surface area contributed by atoms with Crippen LogP contribution in [0.2, 0.25) is 0 Å². The summed E-state index contributed by atoms with van der Waals surface area (Å²) in [5.74, 6) is -2.18. The van der Waals surface area contributed by atoms with Crippen molar-refractivity contribution in [3.63, 3.8) is 0 Å². The molecule has 0 radical (unpaired) electrons. The number of hydrogen-bond acceptors (Lipinski definition) is 9. The highest BCUT2D eigenvalue weighted by Crippen LogP contribution is 2.41. The lowest BCUT2D eigenvalue weighted by atomic mass is 9.95. The molecule has 2 aliphatic heterocycles. The number of aromatic nitrogens is 3. The second kappa shape index (κ2) is 21.1. The van der Waals surface area contributed by atoms with E-state index >= 15 is 0 Å². The molecule has 0 aliphatic carbocycles. The van der Waals surface area contributed by atoms with Crippen LogP contribution in [0.25, 0.3) is 33.3 Å². The summed E-state index contributed by atoms with van der Waals surface area (Å²) in [6.45, 7) is 11.3. The van der Waals surface area contributed by atoms with Gasteiger partial charge in [0.1, 0.15) is 24.7 Å². The molecule has 5 unspecified atom stereocenters. The maximum absolute atomic E-state index is 14.5. The van der Waals surface area contributed by atoms with Gasteiger partial charge in [-0.05, 0) is 79.5 Å². The second-order valence-corrected chi connectivity index (χ2v) is 17.6. The smallest absolute Gasteiger partial charge is 0.406 e. The Morgan fingerprint density at radius 3 is 2.44 bits per heavy atom. The molecule has 2 saturated heterocycles. The number of amides is 4. The summed E-state index contributed by atoms with van der Waals surface area (Å²) in [5, 5.41) is 9.45. The molecule has 15 nitrogen and oxygen atoms in total. The van der Waals surface area contributed by atoms with Crippen molar-refractivity contribution in [2.75, 3.05) is 40.3 Å². The lowest BCUT2D eigenvalue weighted by molar-refractivity contribution is -0.145. The Morgan fingerprint density at radius 2 is 1.79 bits per heavy atom. The van der Waals surface area contributed by atoms with Crippen LogP contribution in [0.3, 0.4) is 0 Å². The first kappa shape index (κ1) is 49.4. The molecule has 356 valence electrons. The first-order valence-corrected chi connectivity index (χ1v) is 22.4. The number of alkyl halides is 3. The van der Waals surface area contributed by atoms with E-state index < -0.39 is 48.8 Å². The topological polar surface area (TPSA) is 160 Å². The van der Waals surface area contributed by atoms with Crippen LogP contribution in [-0.4, -0.2) is 124 Å². The van der Waals surface area contributed by atoms with Crippen LogP contribution >= 0.6 is 0 Å². The number of methoxy groups -OCH3 is 1. The fraction of sp³-hybridized carbons (Fsp3) is 0.500. The number of halogens is 3. The molecule has 4 aromatic rings. The van der Waals surface area contributed by atoms with Gasteiger partial charge >= 0.3 is 6.18 Å². The number of aryl methyl sites for hydroxylation is 1. The van der Waals surface area contributed by atoms with Crippen LogP contribution in [0.4, 0.5) is 13.2 Å². The number of carbonyl (C=O) groups is 5. The minimum Gasteiger partial charge on any atom is -0.465 e. The molecule has 18 heteroatoms. The number of nitrogens with zero attached hydrogens (tertiary/aromatic N) is 6. The number of carbonyl (C=O) groups excluding carboxylic acids is 5. The van der Waals surface area contributed by atoms with Gasteiger partial charge in [0.25, 0.3) is 12.4 Å². The number of benzene rings is 2. The van der Waals surface area contributed by atoms with E-state index in [9.17, 15) is 37.1 Å². The SMILES string of the molecule is C=CC(=O)N1CCC(C(=O)N(C)C(C(=O)NC(Cc2cccc(-c3ccc4c(c3)c(CC(C)OC=O)c(-c3cnn(C)c3C(C)OC)n4CC(F)(F)F)c2)C(=O)N2CCCCN2)C(C)C)C1. The minimum absolute atomic E-state index is 0.0853. The number of nitrogens with one attached hydrogen (secondary N) is 2. The minimum atomic E-state index is -4.59. The van der Waals surface area contributed by atoms with Crippen LogP contribution in [0.1, 0.15) is 69.9 Å². The maximum atomic E-state index is 14.5. The van der Waals surface area contributed by atoms with E-state index in [0.717, 1.165) is 12.8 Å². The molecule has 2 aromatic carbocycles. The second-order valence-electron chi connectivity index (χ2n) is 17.6. The van der Waals surface area contributed by atoms with E-state index in [-0.39, 0.29) is 48.7 Å². The van der Waals surface area contributed by atoms with Crippen LogP contribution < -0.4 is 10.7 Å². The van der Waals surface area contributed by atoms with Crippen LogP contribution in [0.5, 0.6) is 0 Å². The molecule has 5 atom stereocenters. The molecule has 4 heterocycles. The predicted molar refractivity (Wildman–Crippen MR) is 242 cm³/mol. The van der Waals surface area contributed by atoms with Crippen molar-refractivity contribution in [3.8, 4) is 22.4 Å². The van der Waals surface area contributed by atoms with Gasteiger partial charge in [0.2, 0.25) is 17.7 Å². The van der Waals surface area contributed by atoms with Crippen LogP contribution in [-0.2, 0) is 59.9 Å². The number of likely N-dealkylation sites (tertiary alicyclic amines) is 1. The van der Waals surface area contributed by atoms with Crippen molar-refractivity contribution in [1.82, 2.24) is 39.9 Å². The van der Waals surface area contributed by atoms with E-state index in [0.29, 0.717) is 76.9 Å². The third kappa shape index (κ3) is 11.0. The molecule has 2 aliphatic rings. The summed E-state index contributed by atoms with van der Waals surface area (Å²) in [4.78, 5) is 69.1. The van der Waals surface area contributed by atoms with Gasteiger partial charge in [-0.3, -0.25) is 33.7 Å². The van der Waals surface area contributed by atoms with Gasteiger partial charge in [0, 0.05) is 76.7 Å². The van der Waals surface area contributed by atoms with Crippen LogP contribution in [0, 0.1) is 11.8 Å². The zero-order chi connectivity index (χ0) is 48.0. The van der Waals surface area contributed by atoms with E-state index in [1.807, 2.05) is 44.2 Å². The molecule has 2 fully saturated rings. The normalized spacial score (nSPS) is 17.3. The number of hydrogen-bond donors (Lipinski definition) is 2. The summed E-state index contributed by atoms with van der Waals surface area (Å²) in [6, 6.07) is 10.7. The molecule has 4 amide bonds. The third-order valence-electron chi connectivity index (χ3n) is 12.6. The average molecular weight is 919 g/mol. The molecule has 6 rings (SSSR count). The summed E-state index contributed by atoms with van der Waals surface area (Å²) in [7, 11) is 4.78. The fourth-order valence-electron chi connectivity index (χ4n) is 9.39. The number of likely N-dealkylation sites (N-methyl/N-ethyl adjacent to an activating group) is 1. The van der Waals surface area contributed by atoms with Crippen molar-refractivity contribution >= 4 is 41.0 Å². The molecule has 2 N–H and O–H groups in total. The average Bonchev–Trinajstić information content (AvgIpc) is 4.01. The number of rotatable bonds is 18. The Hall–Kier alpha value is -6.01. The van der Waals surface area contributed by atoms with E-state index in [1.165, 1.54) is 33.9 Å². The molecular formula is C48H61F3N8O7. The highest BCUT2D eigenvalue weighted by molar-refractivity contribution is 5.96. The Labute approximate surface area is 383 Å². The zero-order valence-corrected chi connectivity index (χ0v) is 38.7. The Kier molecular flexibility index (Phi) is 15.8. The number of hydrazine groups is 1. The standard InChI is InChI=1S/C48H61F3N8O7/c1-9-41(61)57-20-17-35(26-57)46(63)55(6)42(29(2)3)45(62)54-39(47(64)59-19-11-10-18-52-59)23-32-13-12-14-33(22-32)34-15-16-40-36(24-34)37(21-30(4)66-28-60)44(58(40)27-48(49,50)51)38-25-53-56(7)43(38)31(5)65-8/h9,12-16,22,24-25,28-31,35,39,42,52H,1,10-11,17-21,23,26-27H2,2-8H3,(H,54,62). The Morgan fingerprint density at radius 1 is 1.05 bits per heavy atom. The largest absolute Gasteiger partial charge is 0.465 e. The van der Waals surface area contributed by atoms with Gasteiger partial charge in [-0.15, -0.1) is 0 Å². The van der Waals surface area contributed by atoms with Crippen molar-refractivity contribution in [2.45, 2.75) is 96.8 Å². The van der Waals surface area contributed by atoms with Gasteiger partial charge in [0.15, 0.2) is 0 Å². The maximum Gasteiger partial charge on any atom is 0.406 e. The number of ether oxygens (including phenoxy) is 2. The summed E-state index contributed by atoms with van der Waals surface area (Å²) in [5.41, 5.74) is 7.37. The fourth-order valence-corrected chi connectivity index (χ4v) is 9.39. The van der Waals surface area contributed by atoms with Crippen molar-refractivity contribution in [2.24, 2.45) is 18.9 Å². The highest BCUT2D eigenvalue weighted by atomic mass is 19.4. The Bertz CT molecular complexity index is 2420. The lowest BCUT2D eigenvalue weighted by Crippen LogP contribution is -2.59.